The smallest absolute Gasteiger partial charge is 0.312 e. The summed E-state index contributed by atoms with van der Waals surface area (Å²) in [4.78, 5) is 12.1. The fraction of sp³-hybridized carbons (Fsp3) is 0.933. The van der Waals surface area contributed by atoms with Crippen LogP contribution in [0.3, 0.4) is 0 Å². The van der Waals surface area contributed by atoms with Crippen molar-refractivity contribution in [2.75, 3.05) is 6.61 Å². The molecule has 0 radical (unpaired) electrons. The molecule has 26 heavy (non-hydrogen) atoms. The van der Waals surface area contributed by atoms with Crippen molar-refractivity contribution in [2.45, 2.75) is 79.1 Å². The van der Waals surface area contributed by atoms with E-state index in [1.165, 1.54) is 0 Å². The fourth-order valence-electron chi connectivity index (χ4n) is 1.91. The van der Waals surface area contributed by atoms with E-state index in [-0.39, 0.29) is 5.97 Å². The van der Waals surface area contributed by atoms with Gasteiger partial charge in [0, 0.05) is 0 Å². The molecule has 0 atom stereocenters. The lowest BCUT2D eigenvalue weighted by Crippen LogP contribution is -2.48. The van der Waals surface area contributed by atoms with Crippen LogP contribution in [0.15, 0.2) is 0 Å². The van der Waals surface area contributed by atoms with Crippen molar-refractivity contribution >= 4 is 51.2 Å². The Morgan fingerprint density at radius 1 is 0.962 bits per heavy atom. The second-order valence-corrected chi connectivity index (χ2v) is 25.5. The van der Waals surface area contributed by atoms with E-state index in [1.54, 1.807) is 0 Å². The number of carbonyl (C=O) groups is 1. The van der Waals surface area contributed by atoms with E-state index in [9.17, 15) is 4.79 Å². The Kier molecular flexibility index (Phi) is 11.0. The molecule has 0 fully saturated rings. The molecule has 6 nitrogen and oxygen atoms in total. The molecule has 0 heterocycles. The molecule has 11 heteroatoms. The molecular formula is C15H40O6Si5. The first-order valence-corrected chi connectivity index (χ1v) is 21.0. The van der Waals surface area contributed by atoms with Crippen molar-refractivity contribution in [2.24, 2.45) is 5.41 Å². The summed E-state index contributed by atoms with van der Waals surface area (Å²) in [5.41, 5.74) is -0.422. The molecule has 0 rings (SSSR count). The summed E-state index contributed by atoms with van der Waals surface area (Å²) in [5.74, 6) is -0.134. The number of esters is 1. The minimum absolute atomic E-state index is 0.134. The third-order valence-corrected chi connectivity index (χ3v) is 18.1. The Hall–Kier alpha value is 0.394. The van der Waals surface area contributed by atoms with Crippen molar-refractivity contribution in [1.29, 1.82) is 0 Å². The highest BCUT2D eigenvalue weighted by Gasteiger charge is 2.35. The maximum Gasteiger partial charge on any atom is 0.312 e. The van der Waals surface area contributed by atoms with Crippen LogP contribution in [0.1, 0.15) is 27.2 Å². The average Bonchev–Trinajstić information content (AvgIpc) is 2.43. The van der Waals surface area contributed by atoms with Gasteiger partial charge in [-0.3, -0.25) is 4.79 Å². The van der Waals surface area contributed by atoms with E-state index in [2.05, 4.69) is 45.8 Å². The van der Waals surface area contributed by atoms with Crippen LogP contribution in [0, 0.1) is 5.41 Å². The zero-order valence-corrected chi connectivity index (χ0v) is 24.3. The Balaban J connectivity index is 4.22. The Bertz CT molecular complexity index is 437. The van der Waals surface area contributed by atoms with Gasteiger partial charge < -0.3 is 21.2 Å². The average molecular weight is 457 g/mol. The minimum Gasteiger partial charge on any atom is -0.465 e. The van der Waals surface area contributed by atoms with Gasteiger partial charge in [0.25, 0.3) is 20.0 Å². The highest BCUT2D eigenvalue weighted by molar-refractivity contribution is 6.83. The van der Waals surface area contributed by atoms with Crippen LogP contribution >= 0.6 is 0 Å². The molecule has 0 spiro atoms. The SMILES string of the molecule is CCC(C)(C)C(=O)OCC[Si](C)(C)O[Si](C)(C)O[SiH2]O[SiH2]O[Si](C)(C)C. The van der Waals surface area contributed by atoms with Crippen LogP contribution < -0.4 is 0 Å². The van der Waals surface area contributed by atoms with E-state index < -0.39 is 50.6 Å². The number of hydrogen-bond acceptors (Lipinski definition) is 6. The van der Waals surface area contributed by atoms with E-state index in [1.807, 2.05) is 20.8 Å². The third-order valence-electron chi connectivity index (χ3n) is 3.96. The molecule has 0 saturated carbocycles. The van der Waals surface area contributed by atoms with Gasteiger partial charge in [-0.25, -0.2) is 0 Å². The first-order valence-electron chi connectivity index (χ1n) is 9.33. The van der Waals surface area contributed by atoms with Gasteiger partial charge in [-0.15, -0.1) is 0 Å². The second kappa shape index (κ2) is 10.8. The van der Waals surface area contributed by atoms with Gasteiger partial charge in [-0.2, -0.15) is 0 Å². The predicted molar refractivity (Wildman–Crippen MR) is 120 cm³/mol. The van der Waals surface area contributed by atoms with Gasteiger partial charge in [0.05, 0.1) is 12.0 Å². The summed E-state index contributed by atoms with van der Waals surface area (Å²) in [6.45, 7) is 21.1. The highest BCUT2D eigenvalue weighted by Crippen LogP contribution is 2.23. The zero-order chi connectivity index (χ0) is 20.6. The lowest BCUT2D eigenvalue weighted by Gasteiger charge is -2.33. The molecular weight excluding hydrogens is 417 g/mol. The Morgan fingerprint density at radius 2 is 1.50 bits per heavy atom. The normalized spacial score (nSPS) is 14.7. The molecule has 0 aromatic heterocycles. The minimum atomic E-state index is -2.22. The molecule has 0 aliphatic carbocycles. The molecule has 0 aromatic carbocycles. The maximum atomic E-state index is 12.1. The summed E-state index contributed by atoms with van der Waals surface area (Å²) in [6.07, 6.45) is 0.770. The van der Waals surface area contributed by atoms with Crippen LogP contribution in [-0.2, 0) is 26.0 Å². The lowest BCUT2D eigenvalue weighted by molar-refractivity contribution is -0.153. The van der Waals surface area contributed by atoms with E-state index in [0.717, 1.165) is 12.5 Å². The largest absolute Gasteiger partial charge is 0.465 e. The van der Waals surface area contributed by atoms with E-state index in [0.29, 0.717) is 6.61 Å². The molecule has 0 aliphatic rings. The third kappa shape index (κ3) is 12.7. The van der Waals surface area contributed by atoms with E-state index >= 15 is 0 Å². The number of hydrogen-bond donors (Lipinski definition) is 0. The van der Waals surface area contributed by atoms with Crippen LogP contribution in [0.2, 0.25) is 51.9 Å². The van der Waals surface area contributed by atoms with Crippen LogP contribution in [-0.4, -0.2) is 57.8 Å². The summed E-state index contributed by atoms with van der Waals surface area (Å²) in [5, 5.41) is 0. The number of ether oxygens (including phenoxy) is 1. The van der Waals surface area contributed by atoms with E-state index in [4.69, 9.17) is 21.2 Å². The van der Waals surface area contributed by atoms with Crippen molar-refractivity contribution < 1.29 is 26.0 Å². The summed E-state index contributed by atoms with van der Waals surface area (Å²) in [7, 11) is -7.64. The van der Waals surface area contributed by atoms with Crippen molar-refractivity contribution in [3.05, 3.63) is 0 Å². The van der Waals surface area contributed by atoms with Gasteiger partial charge in [-0.05, 0) is 72.1 Å². The lowest BCUT2D eigenvalue weighted by atomic mass is 9.91. The molecule has 156 valence electrons. The quantitative estimate of drug-likeness (QED) is 0.241. The Labute approximate surface area is 168 Å². The zero-order valence-electron chi connectivity index (χ0n) is 18.5. The van der Waals surface area contributed by atoms with Crippen molar-refractivity contribution in [3.8, 4) is 0 Å². The van der Waals surface area contributed by atoms with Crippen LogP contribution in [0.5, 0.6) is 0 Å². The topological polar surface area (TPSA) is 63.2 Å². The Morgan fingerprint density at radius 3 is 2.00 bits per heavy atom. The summed E-state index contributed by atoms with van der Waals surface area (Å²) in [6, 6.07) is 0.772. The fourth-order valence-corrected chi connectivity index (χ4v) is 14.0. The molecule has 0 unspecified atom stereocenters. The van der Waals surface area contributed by atoms with Crippen LogP contribution in [0.25, 0.3) is 0 Å². The first kappa shape index (κ1) is 26.4. The van der Waals surface area contributed by atoms with Gasteiger partial charge in [0.2, 0.25) is 0 Å². The monoisotopic (exact) mass is 456 g/mol. The highest BCUT2D eigenvalue weighted by atomic mass is 28.5. The summed E-state index contributed by atoms with van der Waals surface area (Å²) >= 11 is 0. The molecule has 0 aliphatic heterocycles. The molecule has 0 bridgehead atoms. The van der Waals surface area contributed by atoms with Crippen LogP contribution in [0.4, 0.5) is 0 Å². The molecule has 0 aromatic rings. The molecule has 0 saturated heterocycles. The maximum absolute atomic E-state index is 12.1. The van der Waals surface area contributed by atoms with Gasteiger partial charge >= 0.3 is 14.5 Å². The van der Waals surface area contributed by atoms with Crippen molar-refractivity contribution in [1.82, 2.24) is 0 Å². The standard InChI is InChI=1S/C15H40O6Si5/c1-11-15(2,3)14(16)17-12-13-25(7,8)21-26(9,10)20-23-18-22-19-24(4,5)6/h11-13,22-23H2,1-10H3. The first-order chi connectivity index (χ1) is 11.6. The predicted octanol–water partition coefficient (Wildman–Crippen LogP) is 2.77. The number of rotatable bonds is 13. The summed E-state index contributed by atoms with van der Waals surface area (Å²) < 4.78 is 29.3. The van der Waals surface area contributed by atoms with Gasteiger partial charge in [-0.1, -0.05) is 6.92 Å². The van der Waals surface area contributed by atoms with Gasteiger partial charge in [0.1, 0.15) is 0 Å². The molecule has 0 amide bonds. The second-order valence-electron chi connectivity index (χ2n) is 9.23. The van der Waals surface area contributed by atoms with Gasteiger partial charge in [0.15, 0.2) is 16.6 Å². The number of carbonyl (C=O) groups excluding carboxylic acids is 1. The van der Waals surface area contributed by atoms with Crippen molar-refractivity contribution in [3.63, 3.8) is 0 Å². The molecule has 0 N–H and O–H groups in total.